The number of nitrogens with zero attached hydrogens (tertiary/aromatic N) is 4. The Balaban J connectivity index is 1.60. The van der Waals surface area contributed by atoms with Crippen LogP contribution in [-0.4, -0.2) is 33.4 Å². The number of rotatable bonds is 2. The molecule has 0 spiro atoms. The Hall–Kier alpha value is -2.35. The molecule has 2 aliphatic rings. The van der Waals surface area contributed by atoms with E-state index in [9.17, 15) is 4.79 Å². The van der Waals surface area contributed by atoms with Gasteiger partial charge in [0.2, 0.25) is 0 Å². The molecule has 4 rings (SSSR count). The van der Waals surface area contributed by atoms with Crippen LogP contribution in [0.4, 0.5) is 10.5 Å². The van der Waals surface area contributed by atoms with E-state index in [-0.39, 0.29) is 6.09 Å². The minimum atomic E-state index is -0.431. The van der Waals surface area contributed by atoms with Crippen molar-refractivity contribution in [2.75, 3.05) is 11.4 Å². The second kappa shape index (κ2) is 4.84. The summed E-state index contributed by atoms with van der Waals surface area (Å²) < 4.78 is 12.8. The molecule has 0 aromatic carbocycles. The third-order valence-corrected chi connectivity index (χ3v) is 4.05. The van der Waals surface area contributed by atoms with Crippen LogP contribution < -0.4 is 10.2 Å². The quantitative estimate of drug-likeness (QED) is 0.902. The maximum absolute atomic E-state index is 12.2. The Morgan fingerprint density at radius 1 is 1.36 bits per heavy atom. The first-order valence-electron chi connectivity index (χ1n) is 7.30. The Labute approximate surface area is 127 Å². The minimum Gasteiger partial charge on any atom is -0.442 e. The van der Waals surface area contributed by atoms with Gasteiger partial charge in [-0.05, 0) is 6.92 Å². The number of cyclic esters (lactones) is 1. The number of nitrogens with one attached hydrogen (secondary N) is 1. The van der Waals surface area contributed by atoms with Crippen LogP contribution in [0, 0.1) is 6.92 Å². The van der Waals surface area contributed by atoms with Gasteiger partial charge in [0.15, 0.2) is 17.8 Å². The molecule has 2 aromatic rings. The molecule has 8 nitrogen and oxygen atoms in total. The largest absolute Gasteiger partial charge is 0.442 e. The standard InChI is InChI=1S/C14H17N5O3/c1-8-6-19-11(3-15-8)10(4-17-19)18-7-13(22-14(18)20)12-5-16-9(2)21-12/h4-5,8,13,15H,3,6-7H2,1-2H3/t8-,13?/m0/s1. The van der Waals surface area contributed by atoms with Gasteiger partial charge in [-0.1, -0.05) is 0 Å². The van der Waals surface area contributed by atoms with Crippen LogP contribution in [0.2, 0.25) is 0 Å². The smallest absolute Gasteiger partial charge is 0.415 e. The molecule has 116 valence electrons. The molecular weight excluding hydrogens is 286 g/mol. The molecule has 1 unspecified atom stereocenters. The zero-order chi connectivity index (χ0) is 15.3. The first-order chi connectivity index (χ1) is 10.6. The molecule has 1 fully saturated rings. The first-order valence-corrected chi connectivity index (χ1v) is 7.30. The molecule has 1 saturated heterocycles. The predicted molar refractivity (Wildman–Crippen MR) is 76.3 cm³/mol. The summed E-state index contributed by atoms with van der Waals surface area (Å²) in [5.74, 6) is 1.13. The van der Waals surface area contributed by atoms with Crippen LogP contribution >= 0.6 is 0 Å². The van der Waals surface area contributed by atoms with Crippen molar-refractivity contribution in [1.82, 2.24) is 20.1 Å². The average molecular weight is 303 g/mol. The fourth-order valence-corrected chi connectivity index (χ4v) is 2.89. The lowest BCUT2D eigenvalue weighted by molar-refractivity contribution is 0.129. The molecule has 1 amide bonds. The summed E-state index contributed by atoms with van der Waals surface area (Å²) in [4.78, 5) is 17.9. The van der Waals surface area contributed by atoms with Crippen molar-refractivity contribution in [3.05, 3.63) is 29.7 Å². The number of anilines is 1. The summed E-state index contributed by atoms with van der Waals surface area (Å²) in [6.07, 6.45) is 2.52. The summed E-state index contributed by atoms with van der Waals surface area (Å²) in [5, 5.41) is 7.76. The highest BCUT2D eigenvalue weighted by Gasteiger charge is 2.38. The van der Waals surface area contributed by atoms with Crippen LogP contribution in [0.5, 0.6) is 0 Å². The summed E-state index contributed by atoms with van der Waals surface area (Å²) in [6, 6.07) is 0.371. The molecule has 1 N–H and O–H groups in total. The number of aryl methyl sites for hydroxylation is 1. The SMILES string of the molecule is Cc1ncc(C2CN(c3cnn4c3CN[C@@H](C)C4)C(=O)O2)o1. The predicted octanol–water partition coefficient (Wildman–Crippen LogP) is 1.37. The number of oxazole rings is 1. The van der Waals surface area contributed by atoms with E-state index in [1.807, 2.05) is 4.68 Å². The number of aromatic nitrogens is 3. The van der Waals surface area contributed by atoms with E-state index in [1.165, 1.54) is 0 Å². The lowest BCUT2D eigenvalue weighted by Gasteiger charge is -2.23. The number of amides is 1. The van der Waals surface area contributed by atoms with Crippen molar-refractivity contribution in [2.24, 2.45) is 0 Å². The summed E-state index contributed by atoms with van der Waals surface area (Å²) in [5.41, 5.74) is 1.80. The molecule has 0 radical (unpaired) electrons. The van der Waals surface area contributed by atoms with Gasteiger partial charge < -0.3 is 14.5 Å². The van der Waals surface area contributed by atoms with E-state index in [1.54, 1.807) is 24.2 Å². The Bertz CT molecular complexity index is 722. The van der Waals surface area contributed by atoms with E-state index in [4.69, 9.17) is 9.15 Å². The molecule has 22 heavy (non-hydrogen) atoms. The normalized spacial score (nSPS) is 24.5. The number of fused-ring (bicyclic) bond motifs is 1. The van der Waals surface area contributed by atoms with Crippen molar-refractivity contribution in [3.63, 3.8) is 0 Å². The molecular formula is C14H17N5O3. The minimum absolute atomic E-state index is 0.371. The highest BCUT2D eigenvalue weighted by Crippen LogP contribution is 2.33. The summed E-state index contributed by atoms with van der Waals surface area (Å²) in [7, 11) is 0. The van der Waals surface area contributed by atoms with Gasteiger partial charge in [-0.25, -0.2) is 9.78 Å². The molecule has 2 atom stereocenters. The van der Waals surface area contributed by atoms with Gasteiger partial charge in [-0.2, -0.15) is 5.10 Å². The second-order valence-electron chi connectivity index (χ2n) is 5.71. The lowest BCUT2D eigenvalue weighted by Crippen LogP contribution is -2.37. The van der Waals surface area contributed by atoms with E-state index >= 15 is 0 Å². The molecule has 0 bridgehead atoms. The molecule has 2 aliphatic heterocycles. The van der Waals surface area contributed by atoms with Crippen molar-refractivity contribution in [1.29, 1.82) is 0 Å². The highest BCUT2D eigenvalue weighted by atomic mass is 16.6. The Morgan fingerprint density at radius 3 is 3.00 bits per heavy atom. The molecule has 0 aliphatic carbocycles. The number of ether oxygens (including phenoxy) is 1. The summed E-state index contributed by atoms with van der Waals surface area (Å²) in [6.45, 7) is 5.76. The number of hydrogen-bond donors (Lipinski definition) is 1. The third-order valence-electron chi connectivity index (χ3n) is 4.05. The number of carbonyl (C=O) groups excluding carboxylic acids is 1. The highest BCUT2D eigenvalue weighted by molar-refractivity contribution is 5.90. The van der Waals surface area contributed by atoms with Gasteiger partial charge in [0, 0.05) is 19.5 Å². The fraction of sp³-hybridized carbons (Fsp3) is 0.500. The molecule has 2 aromatic heterocycles. The topological polar surface area (TPSA) is 85.4 Å². The van der Waals surface area contributed by atoms with E-state index in [0.29, 0.717) is 30.8 Å². The second-order valence-corrected chi connectivity index (χ2v) is 5.71. The van der Waals surface area contributed by atoms with Gasteiger partial charge in [0.25, 0.3) is 0 Å². The third kappa shape index (κ3) is 2.07. The Kier molecular flexibility index (Phi) is 2.93. The van der Waals surface area contributed by atoms with Crippen molar-refractivity contribution in [3.8, 4) is 0 Å². The van der Waals surface area contributed by atoms with Gasteiger partial charge in [-0.3, -0.25) is 9.58 Å². The van der Waals surface area contributed by atoms with E-state index < -0.39 is 6.10 Å². The fourth-order valence-electron chi connectivity index (χ4n) is 2.89. The number of hydrogen-bond acceptors (Lipinski definition) is 6. The summed E-state index contributed by atoms with van der Waals surface area (Å²) >= 11 is 0. The van der Waals surface area contributed by atoms with Crippen LogP contribution in [0.25, 0.3) is 0 Å². The lowest BCUT2D eigenvalue weighted by atomic mass is 10.2. The zero-order valence-electron chi connectivity index (χ0n) is 12.4. The van der Waals surface area contributed by atoms with E-state index in [0.717, 1.165) is 17.9 Å². The zero-order valence-corrected chi connectivity index (χ0v) is 12.4. The Morgan fingerprint density at radius 2 is 2.23 bits per heavy atom. The van der Waals surface area contributed by atoms with Crippen LogP contribution in [-0.2, 0) is 17.8 Å². The van der Waals surface area contributed by atoms with Gasteiger partial charge in [0.05, 0.1) is 36.9 Å². The van der Waals surface area contributed by atoms with Crippen LogP contribution in [0.3, 0.4) is 0 Å². The van der Waals surface area contributed by atoms with Crippen molar-refractivity contribution in [2.45, 2.75) is 39.1 Å². The van der Waals surface area contributed by atoms with Gasteiger partial charge >= 0.3 is 6.09 Å². The monoisotopic (exact) mass is 303 g/mol. The maximum atomic E-state index is 12.2. The van der Waals surface area contributed by atoms with Crippen LogP contribution in [0.15, 0.2) is 16.8 Å². The molecule has 8 heteroatoms. The number of carbonyl (C=O) groups is 1. The first kappa shape index (κ1) is 13.3. The van der Waals surface area contributed by atoms with Crippen molar-refractivity contribution < 1.29 is 13.9 Å². The maximum Gasteiger partial charge on any atom is 0.415 e. The average Bonchev–Trinajstić information content (AvgIpc) is 3.17. The van der Waals surface area contributed by atoms with Crippen molar-refractivity contribution >= 4 is 11.8 Å². The molecule has 4 heterocycles. The molecule has 0 saturated carbocycles. The van der Waals surface area contributed by atoms with Crippen LogP contribution in [0.1, 0.15) is 30.4 Å². The van der Waals surface area contributed by atoms with Gasteiger partial charge in [-0.15, -0.1) is 0 Å². The van der Waals surface area contributed by atoms with Gasteiger partial charge in [0.1, 0.15) is 0 Å². The van der Waals surface area contributed by atoms with E-state index in [2.05, 4.69) is 22.3 Å².